The molecule has 2 fully saturated rings. The molecule has 2 amide bonds. The van der Waals surface area contributed by atoms with Gasteiger partial charge in [-0.15, -0.1) is 11.8 Å². The summed E-state index contributed by atoms with van der Waals surface area (Å²) in [5.41, 5.74) is 0.490. The third kappa shape index (κ3) is 4.80. The molecule has 1 aromatic carbocycles. The van der Waals surface area contributed by atoms with E-state index in [4.69, 9.17) is 11.6 Å². The molecule has 3 rings (SSSR count). The first-order valence-electron chi connectivity index (χ1n) is 9.95. The highest BCUT2D eigenvalue weighted by Gasteiger charge is 2.45. The summed E-state index contributed by atoms with van der Waals surface area (Å²) in [7, 11) is 0. The highest BCUT2D eigenvalue weighted by molar-refractivity contribution is 8.00. The Hall–Kier alpha value is -1.20. The van der Waals surface area contributed by atoms with Crippen LogP contribution in [0.4, 0.5) is 0 Å². The Bertz CT molecular complexity index is 676. The quantitative estimate of drug-likeness (QED) is 0.775. The first-order valence-corrected chi connectivity index (χ1v) is 11.4. The fraction of sp³-hybridized carbons (Fsp3) is 0.619. The van der Waals surface area contributed by atoms with Crippen molar-refractivity contribution in [1.29, 1.82) is 0 Å². The van der Waals surface area contributed by atoms with Crippen molar-refractivity contribution in [1.82, 2.24) is 10.2 Å². The average Bonchev–Trinajstić information content (AvgIpc) is 3.12. The summed E-state index contributed by atoms with van der Waals surface area (Å²) in [5.74, 6) is 1.32. The number of halogens is 1. The molecule has 1 aliphatic heterocycles. The lowest BCUT2D eigenvalue weighted by atomic mass is 9.88. The van der Waals surface area contributed by atoms with Crippen LogP contribution in [0.2, 0.25) is 5.02 Å². The van der Waals surface area contributed by atoms with Crippen LogP contribution in [-0.4, -0.2) is 40.4 Å². The molecule has 1 aliphatic carbocycles. The lowest BCUT2D eigenvalue weighted by molar-refractivity contribution is -0.125. The third-order valence-corrected chi connectivity index (χ3v) is 7.21. The maximum atomic E-state index is 13.4. The SMILES string of the molecule is CC(C)CNC(=O)C1CSC(C2CCCCC2)N1C(=O)c1ccccc1Cl. The summed E-state index contributed by atoms with van der Waals surface area (Å²) in [6.45, 7) is 4.77. The zero-order chi connectivity index (χ0) is 19.4. The Morgan fingerprint density at radius 2 is 1.93 bits per heavy atom. The summed E-state index contributed by atoms with van der Waals surface area (Å²) < 4.78 is 0. The van der Waals surface area contributed by atoms with Crippen LogP contribution in [0.3, 0.4) is 0 Å². The van der Waals surface area contributed by atoms with Crippen molar-refractivity contribution in [2.45, 2.75) is 57.4 Å². The number of rotatable bonds is 5. The summed E-state index contributed by atoms with van der Waals surface area (Å²) >= 11 is 8.06. The van der Waals surface area contributed by atoms with Crippen LogP contribution in [0, 0.1) is 11.8 Å². The van der Waals surface area contributed by atoms with Crippen LogP contribution in [0.25, 0.3) is 0 Å². The number of amides is 2. The number of thioether (sulfide) groups is 1. The summed E-state index contributed by atoms with van der Waals surface area (Å²) in [6, 6.07) is 6.72. The predicted molar refractivity (Wildman–Crippen MR) is 112 cm³/mol. The summed E-state index contributed by atoms with van der Waals surface area (Å²) in [6.07, 6.45) is 5.94. The van der Waals surface area contributed by atoms with Gasteiger partial charge in [0.15, 0.2) is 0 Å². The van der Waals surface area contributed by atoms with Crippen molar-refractivity contribution in [3.8, 4) is 0 Å². The van der Waals surface area contributed by atoms with Gasteiger partial charge in [-0.25, -0.2) is 0 Å². The van der Waals surface area contributed by atoms with E-state index >= 15 is 0 Å². The maximum absolute atomic E-state index is 13.4. The minimum atomic E-state index is -0.426. The summed E-state index contributed by atoms with van der Waals surface area (Å²) in [4.78, 5) is 28.1. The lowest BCUT2D eigenvalue weighted by Gasteiger charge is -2.35. The molecule has 1 aromatic rings. The van der Waals surface area contributed by atoms with E-state index in [1.807, 2.05) is 17.0 Å². The molecule has 2 atom stereocenters. The number of hydrogen-bond donors (Lipinski definition) is 1. The van der Waals surface area contributed by atoms with Crippen molar-refractivity contribution in [2.24, 2.45) is 11.8 Å². The number of nitrogens with one attached hydrogen (secondary N) is 1. The molecule has 0 spiro atoms. The molecule has 1 heterocycles. The summed E-state index contributed by atoms with van der Waals surface area (Å²) in [5, 5.41) is 3.53. The van der Waals surface area contributed by atoms with E-state index in [9.17, 15) is 9.59 Å². The molecule has 1 saturated heterocycles. The zero-order valence-electron chi connectivity index (χ0n) is 16.1. The highest BCUT2D eigenvalue weighted by Crippen LogP contribution is 2.41. The largest absolute Gasteiger partial charge is 0.354 e. The molecule has 0 bridgehead atoms. The Labute approximate surface area is 171 Å². The van der Waals surface area contributed by atoms with Crippen molar-refractivity contribution in [2.75, 3.05) is 12.3 Å². The van der Waals surface area contributed by atoms with Gasteiger partial charge in [-0.1, -0.05) is 56.8 Å². The van der Waals surface area contributed by atoms with Gasteiger partial charge >= 0.3 is 0 Å². The molecule has 0 radical (unpaired) electrons. The van der Waals surface area contributed by atoms with E-state index in [2.05, 4.69) is 19.2 Å². The number of carbonyl (C=O) groups is 2. The molecule has 2 unspecified atom stereocenters. The van der Waals surface area contributed by atoms with E-state index in [0.717, 1.165) is 12.8 Å². The van der Waals surface area contributed by atoms with Gasteiger partial charge in [0, 0.05) is 12.3 Å². The van der Waals surface area contributed by atoms with Gasteiger partial charge in [0.2, 0.25) is 5.91 Å². The fourth-order valence-corrected chi connectivity index (χ4v) is 5.82. The number of carbonyl (C=O) groups excluding carboxylic acids is 2. The van der Waals surface area contributed by atoms with E-state index in [0.29, 0.717) is 34.7 Å². The van der Waals surface area contributed by atoms with Crippen LogP contribution in [-0.2, 0) is 4.79 Å². The standard InChI is InChI=1S/C21H29ClN2O2S/c1-14(2)12-23-19(25)18-13-27-21(15-8-4-3-5-9-15)24(18)20(26)16-10-6-7-11-17(16)22/h6-7,10-11,14-15,18,21H,3-5,8-9,12-13H2,1-2H3,(H,23,25). The normalized spacial score (nSPS) is 23.6. The van der Waals surface area contributed by atoms with Crippen molar-refractivity contribution in [3.63, 3.8) is 0 Å². The molecule has 1 N–H and O–H groups in total. The monoisotopic (exact) mass is 408 g/mol. The third-order valence-electron chi connectivity index (χ3n) is 5.41. The molecule has 148 valence electrons. The van der Waals surface area contributed by atoms with Crippen LogP contribution in [0.1, 0.15) is 56.3 Å². The Balaban J connectivity index is 1.85. The van der Waals surface area contributed by atoms with Gasteiger partial charge in [0.25, 0.3) is 5.91 Å². The number of nitrogens with zero attached hydrogens (tertiary/aromatic N) is 1. The first-order chi connectivity index (χ1) is 13.0. The van der Waals surface area contributed by atoms with E-state index in [1.54, 1.807) is 23.9 Å². The molecule has 2 aliphatic rings. The topological polar surface area (TPSA) is 49.4 Å². The van der Waals surface area contributed by atoms with Crippen LogP contribution >= 0.6 is 23.4 Å². The number of hydrogen-bond acceptors (Lipinski definition) is 3. The Morgan fingerprint density at radius 3 is 2.59 bits per heavy atom. The Kier molecular flexibility index (Phi) is 7.10. The molecule has 0 aromatic heterocycles. The fourth-order valence-electron chi connectivity index (χ4n) is 3.97. The molecule has 6 heteroatoms. The van der Waals surface area contributed by atoms with Crippen molar-refractivity contribution < 1.29 is 9.59 Å². The van der Waals surface area contributed by atoms with E-state index in [1.165, 1.54) is 19.3 Å². The van der Waals surface area contributed by atoms with Gasteiger partial charge in [-0.3, -0.25) is 9.59 Å². The van der Waals surface area contributed by atoms with Crippen LogP contribution in [0.15, 0.2) is 24.3 Å². The molecule has 4 nitrogen and oxygen atoms in total. The smallest absolute Gasteiger partial charge is 0.256 e. The molecule has 27 heavy (non-hydrogen) atoms. The average molecular weight is 409 g/mol. The van der Waals surface area contributed by atoms with E-state index in [-0.39, 0.29) is 17.2 Å². The lowest BCUT2D eigenvalue weighted by Crippen LogP contribution is -2.52. The van der Waals surface area contributed by atoms with Crippen LogP contribution in [0.5, 0.6) is 0 Å². The first kappa shape index (κ1) is 20.5. The minimum absolute atomic E-state index is 0.0464. The van der Waals surface area contributed by atoms with Gasteiger partial charge < -0.3 is 10.2 Å². The van der Waals surface area contributed by atoms with Gasteiger partial charge in [0.1, 0.15) is 6.04 Å². The molecule has 1 saturated carbocycles. The van der Waals surface area contributed by atoms with Crippen molar-refractivity contribution in [3.05, 3.63) is 34.9 Å². The van der Waals surface area contributed by atoms with Gasteiger partial charge in [-0.05, 0) is 36.8 Å². The second-order valence-electron chi connectivity index (χ2n) is 7.97. The zero-order valence-corrected chi connectivity index (χ0v) is 17.7. The number of benzene rings is 1. The molecular weight excluding hydrogens is 380 g/mol. The van der Waals surface area contributed by atoms with E-state index < -0.39 is 6.04 Å². The Morgan fingerprint density at radius 1 is 1.22 bits per heavy atom. The maximum Gasteiger partial charge on any atom is 0.256 e. The van der Waals surface area contributed by atoms with Gasteiger partial charge in [-0.2, -0.15) is 0 Å². The van der Waals surface area contributed by atoms with Gasteiger partial charge in [0.05, 0.1) is 16.0 Å². The molecular formula is C21H29ClN2O2S. The second kappa shape index (κ2) is 9.33. The van der Waals surface area contributed by atoms with Crippen LogP contribution < -0.4 is 5.32 Å². The van der Waals surface area contributed by atoms with Crippen molar-refractivity contribution >= 4 is 35.2 Å². The minimum Gasteiger partial charge on any atom is -0.354 e. The second-order valence-corrected chi connectivity index (χ2v) is 9.53. The highest BCUT2D eigenvalue weighted by atomic mass is 35.5. The predicted octanol–water partition coefficient (Wildman–Crippen LogP) is 4.58.